The van der Waals surface area contributed by atoms with Crippen molar-refractivity contribution >= 4 is 29.6 Å². The van der Waals surface area contributed by atoms with Gasteiger partial charge in [0.1, 0.15) is 0 Å². The van der Waals surface area contributed by atoms with Gasteiger partial charge in [-0.1, -0.05) is 37.6 Å². The first-order valence-corrected chi connectivity index (χ1v) is 8.21. The highest BCUT2D eigenvalue weighted by atomic mass is 35.5. The topological polar surface area (TPSA) is 102 Å². The summed E-state index contributed by atoms with van der Waals surface area (Å²) < 4.78 is 9.78. The van der Waals surface area contributed by atoms with Gasteiger partial charge in [0.05, 0.1) is 11.8 Å². The number of carbonyl (C=O) groups is 3. The van der Waals surface area contributed by atoms with Gasteiger partial charge in [0.2, 0.25) is 6.29 Å². The van der Waals surface area contributed by atoms with Crippen LogP contribution in [0.4, 0.5) is 4.79 Å². The molecule has 0 fully saturated rings. The number of nitrogens with one attached hydrogen (secondary N) is 1. The third-order valence-electron chi connectivity index (χ3n) is 3.30. The number of ether oxygens (including phenoxy) is 2. The fourth-order valence-electron chi connectivity index (χ4n) is 1.96. The Balaban J connectivity index is 2.45. The molecule has 0 spiro atoms. The molecular weight excluding hydrogens is 350 g/mol. The van der Waals surface area contributed by atoms with Crippen molar-refractivity contribution in [3.05, 3.63) is 34.9 Å². The Hall–Kier alpha value is -2.28. The lowest BCUT2D eigenvalue weighted by atomic mass is 9.96. The second-order valence-electron chi connectivity index (χ2n) is 5.72. The van der Waals surface area contributed by atoms with Gasteiger partial charge in [0, 0.05) is 18.5 Å². The maximum atomic E-state index is 11.6. The maximum Gasteiger partial charge on any atom is 0.410 e. The van der Waals surface area contributed by atoms with Crippen molar-refractivity contribution in [2.75, 3.05) is 6.54 Å². The van der Waals surface area contributed by atoms with Crippen LogP contribution in [0.2, 0.25) is 5.02 Å². The highest BCUT2D eigenvalue weighted by molar-refractivity contribution is 6.30. The summed E-state index contributed by atoms with van der Waals surface area (Å²) in [7, 11) is 0. The summed E-state index contributed by atoms with van der Waals surface area (Å²) >= 11 is 5.79. The van der Waals surface area contributed by atoms with Crippen LogP contribution in [-0.4, -0.2) is 36.0 Å². The molecule has 0 aliphatic carbocycles. The van der Waals surface area contributed by atoms with E-state index in [4.69, 9.17) is 21.1 Å². The number of esters is 1. The quantitative estimate of drug-likeness (QED) is 0.537. The first-order chi connectivity index (χ1) is 11.7. The van der Waals surface area contributed by atoms with Crippen LogP contribution < -0.4 is 5.32 Å². The van der Waals surface area contributed by atoms with E-state index in [1.165, 1.54) is 6.92 Å². The summed E-state index contributed by atoms with van der Waals surface area (Å²) in [5.41, 5.74) is 0.589. The summed E-state index contributed by atoms with van der Waals surface area (Å²) in [5, 5.41) is 12.3. The van der Waals surface area contributed by atoms with Crippen LogP contribution in [0.25, 0.3) is 0 Å². The van der Waals surface area contributed by atoms with Gasteiger partial charge in [-0.05, 0) is 24.1 Å². The zero-order chi connectivity index (χ0) is 19.0. The molecule has 0 heterocycles. The van der Waals surface area contributed by atoms with Crippen molar-refractivity contribution in [3.63, 3.8) is 0 Å². The van der Waals surface area contributed by atoms with E-state index < -0.39 is 30.2 Å². The highest BCUT2D eigenvalue weighted by Crippen LogP contribution is 2.21. The van der Waals surface area contributed by atoms with Crippen LogP contribution in [0, 0.1) is 5.92 Å². The van der Waals surface area contributed by atoms with Gasteiger partial charge in [0.15, 0.2) is 0 Å². The van der Waals surface area contributed by atoms with Gasteiger partial charge in [0.25, 0.3) is 0 Å². The molecule has 2 atom stereocenters. The van der Waals surface area contributed by atoms with Crippen molar-refractivity contribution in [2.24, 2.45) is 5.92 Å². The molecule has 0 aromatic heterocycles. The molecule has 7 nitrogen and oxygen atoms in total. The van der Waals surface area contributed by atoms with Crippen molar-refractivity contribution < 1.29 is 29.0 Å². The standard InChI is InChI=1S/C17H22ClNO6/c1-10(2)16(22)24-11(3)25-17(23)19-9-8-14(15(20)21)12-4-6-13(18)7-5-12/h4-7,10-11,14H,8-9H2,1-3H3,(H,19,23)(H,20,21)/t11-,14?/m0/s1. The molecule has 0 saturated heterocycles. The largest absolute Gasteiger partial charge is 0.481 e. The molecule has 1 aromatic rings. The number of rotatable bonds is 8. The monoisotopic (exact) mass is 371 g/mol. The lowest BCUT2D eigenvalue weighted by molar-refractivity contribution is -0.168. The van der Waals surface area contributed by atoms with Gasteiger partial charge in [-0.25, -0.2) is 4.79 Å². The normalized spacial score (nSPS) is 13.0. The third kappa shape index (κ3) is 7.43. The van der Waals surface area contributed by atoms with Crippen LogP contribution in [0.1, 0.15) is 38.7 Å². The van der Waals surface area contributed by atoms with Crippen molar-refractivity contribution in [2.45, 2.75) is 39.4 Å². The molecule has 138 valence electrons. The molecule has 0 aliphatic heterocycles. The molecule has 2 N–H and O–H groups in total. The van der Waals surface area contributed by atoms with E-state index in [1.807, 2.05) is 0 Å². The average molecular weight is 372 g/mol. The lowest BCUT2D eigenvalue weighted by Gasteiger charge is -2.17. The van der Waals surface area contributed by atoms with Crippen LogP contribution in [-0.2, 0) is 19.1 Å². The number of benzene rings is 1. The number of carboxylic acid groups (broad SMARTS) is 1. The van der Waals surface area contributed by atoms with Crippen molar-refractivity contribution in [1.29, 1.82) is 0 Å². The molecule has 1 rings (SSSR count). The minimum absolute atomic E-state index is 0.0866. The summed E-state index contributed by atoms with van der Waals surface area (Å²) in [6.45, 7) is 4.84. The molecule has 0 saturated carbocycles. The van der Waals surface area contributed by atoms with E-state index in [9.17, 15) is 19.5 Å². The van der Waals surface area contributed by atoms with Gasteiger partial charge < -0.3 is 19.9 Å². The third-order valence-corrected chi connectivity index (χ3v) is 3.55. The summed E-state index contributed by atoms with van der Waals surface area (Å²) in [6, 6.07) is 6.48. The van der Waals surface area contributed by atoms with Crippen LogP contribution in [0.5, 0.6) is 0 Å². The first-order valence-electron chi connectivity index (χ1n) is 7.84. The zero-order valence-electron chi connectivity index (χ0n) is 14.3. The van der Waals surface area contributed by atoms with Crippen LogP contribution in [0.3, 0.4) is 0 Å². The highest BCUT2D eigenvalue weighted by Gasteiger charge is 2.21. The smallest absolute Gasteiger partial charge is 0.410 e. The van der Waals surface area contributed by atoms with Crippen LogP contribution in [0.15, 0.2) is 24.3 Å². The molecule has 0 aliphatic rings. The number of hydrogen-bond acceptors (Lipinski definition) is 5. The van der Waals surface area contributed by atoms with Crippen molar-refractivity contribution in [3.8, 4) is 0 Å². The first kappa shape index (κ1) is 20.8. The molecule has 0 radical (unpaired) electrons. The fraction of sp³-hybridized carbons (Fsp3) is 0.471. The SMILES string of the molecule is CC(C)C(=O)O[C@H](C)OC(=O)NCCC(C(=O)O)c1ccc(Cl)cc1. The number of alkyl carbamates (subject to hydrolysis) is 1. The Morgan fingerprint density at radius 1 is 1.12 bits per heavy atom. The van der Waals surface area contributed by atoms with Gasteiger partial charge in [-0.3, -0.25) is 9.59 Å². The minimum atomic E-state index is -1.03. The Morgan fingerprint density at radius 2 is 1.72 bits per heavy atom. The molecule has 1 amide bonds. The lowest BCUT2D eigenvalue weighted by Crippen LogP contribution is -2.32. The maximum absolute atomic E-state index is 11.6. The van der Waals surface area contributed by atoms with E-state index in [0.29, 0.717) is 10.6 Å². The molecule has 1 aromatic carbocycles. The van der Waals surface area contributed by atoms with E-state index >= 15 is 0 Å². The number of hydrogen-bond donors (Lipinski definition) is 2. The van der Waals surface area contributed by atoms with Gasteiger partial charge in [-0.15, -0.1) is 0 Å². The average Bonchev–Trinajstić information content (AvgIpc) is 2.52. The van der Waals surface area contributed by atoms with E-state index in [1.54, 1.807) is 38.1 Å². The number of halogens is 1. The number of carboxylic acids is 1. The Labute approximate surface area is 151 Å². The van der Waals surface area contributed by atoms with Crippen molar-refractivity contribution in [1.82, 2.24) is 5.32 Å². The molecule has 25 heavy (non-hydrogen) atoms. The van der Waals surface area contributed by atoms with E-state index in [0.717, 1.165) is 0 Å². The molecule has 0 bridgehead atoms. The summed E-state index contributed by atoms with van der Waals surface area (Å²) in [6.07, 6.45) is -1.64. The minimum Gasteiger partial charge on any atom is -0.481 e. The Morgan fingerprint density at radius 3 is 2.24 bits per heavy atom. The van der Waals surface area contributed by atoms with E-state index in [-0.39, 0.29) is 18.9 Å². The van der Waals surface area contributed by atoms with Crippen LogP contribution >= 0.6 is 11.6 Å². The second-order valence-corrected chi connectivity index (χ2v) is 6.16. The zero-order valence-corrected chi connectivity index (χ0v) is 15.1. The molecule has 1 unspecified atom stereocenters. The van der Waals surface area contributed by atoms with E-state index in [2.05, 4.69) is 5.32 Å². The number of carbonyl (C=O) groups excluding carboxylic acids is 2. The summed E-state index contributed by atoms with van der Waals surface area (Å²) in [4.78, 5) is 34.4. The second kappa shape index (κ2) is 9.88. The Bertz CT molecular complexity index is 602. The summed E-state index contributed by atoms with van der Waals surface area (Å²) in [5.74, 6) is -2.59. The fourth-order valence-corrected chi connectivity index (χ4v) is 2.09. The molecular formula is C17H22ClNO6. The predicted molar refractivity (Wildman–Crippen MR) is 91.3 cm³/mol. The number of amides is 1. The predicted octanol–water partition coefficient (Wildman–Crippen LogP) is 3.17. The Kier molecular flexibility index (Phi) is 8.21. The van der Waals surface area contributed by atoms with Gasteiger partial charge >= 0.3 is 18.0 Å². The molecule has 8 heteroatoms. The number of aliphatic carboxylic acids is 1. The van der Waals surface area contributed by atoms with Gasteiger partial charge in [-0.2, -0.15) is 0 Å².